The van der Waals surface area contributed by atoms with Crippen LogP contribution < -0.4 is 9.62 Å². The van der Waals surface area contributed by atoms with E-state index < -0.39 is 28.5 Å². The van der Waals surface area contributed by atoms with Gasteiger partial charge in [0.1, 0.15) is 12.6 Å². The number of carbonyl (C=O) groups is 2. The fourth-order valence-corrected chi connectivity index (χ4v) is 6.42. The highest BCUT2D eigenvalue weighted by Crippen LogP contribution is 2.24. The summed E-state index contributed by atoms with van der Waals surface area (Å²) in [5.41, 5.74) is 4.34. The molecule has 3 aromatic rings. The third-order valence-corrected chi connectivity index (χ3v) is 9.08. The Kier molecular flexibility index (Phi) is 10.4. The highest BCUT2D eigenvalue weighted by atomic mass is 32.2. The molecule has 8 heteroatoms. The Morgan fingerprint density at radius 1 is 0.905 bits per heavy atom. The zero-order valence-electron chi connectivity index (χ0n) is 25.1. The molecule has 0 bridgehead atoms. The standard InChI is InChI=1S/C34H43N3O4S/c1-25(2)29-17-19-31(20-18-29)37(42(4,40)41)24-33(38)36(23-28-14-10-11-26(3)21-28)32(22-27-12-6-5-7-13-27)34(39)35-30-15-8-9-16-30/h5-7,10-14,17-21,25,30,32H,8-9,15-16,22-24H2,1-4H3,(H,35,39). The van der Waals surface area contributed by atoms with Crippen molar-refractivity contribution in [2.75, 3.05) is 17.1 Å². The fourth-order valence-electron chi connectivity index (χ4n) is 5.57. The minimum atomic E-state index is -3.80. The van der Waals surface area contributed by atoms with Gasteiger partial charge in [0.25, 0.3) is 0 Å². The lowest BCUT2D eigenvalue weighted by molar-refractivity contribution is -0.140. The van der Waals surface area contributed by atoms with Gasteiger partial charge in [-0.05, 0) is 54.5 Å². The van der Waals surface area contributed by atoms with Gasteiger partial charge in [-0.25, -0.2) is 8.42 Å². The number of aryl methyl sites for hydroxylation is 1. The van der Waals surface area contributed by atoms with Crippen molar-refractivity contribution in [3.63, 3.8) is 0 Å². The van der Waals surface area contributed by atoms with E-state index in [1.807, 2.05) is 73.7 Å². The van der Waals surface area contributed by atoms with E-state index in [4.69, 9.17) is 0 Å². The van der Waals surface area contributed by atoms with E-state index >= 15 is 0 Å². The summed E-state index contributed by atoms with van der Waals surface area (Å²) in [6, 6.07) is 24.0. The van der Waals surface area contributed by atoms with Crippen molar-refractivity contribution < 1.29 is 18.0 Å². The van der Waals surface area contributed by atoms with Gasteiger partial charge in [0, 0.05) is 19.0 Å². The molecule has 1 N–H and O–H groups in total. The molecule has 1 unspecified atom stereocenters. The van der Waals surface area contributed by atoms with Crippen LogP contribution in [0.15, 0.2) is 78.9 Å². The first-order valence-electron chi connectivity index (χ1n) is 14.8. The molecular weight excluding hydrogens is 546 g/mol. The van der Waals surface area contributed by atoms with Gasteiger partial charge in [-0.3, -0.25) is 13.9 Å². The molecule has 224 valence electrons. The Bertz CT molecular complexity index is 1450. The van der Waals surface area contributed by atoms with Gasteiger partial charge in [-0.15, -0.1) is 0 Å². The predicted molar refractivity (Wildman–Crippen MR) is 169 cm³/mol. The summed E-state index contributed by atoms with van der Waals surface area (Å²) in [5, 5.41) is 3.20. The second kappa shape index (κ2) is 14.0. The maximum absolute atomic E-state index is 14.3. The summed E-state index contributed by atoms with van der Waals surface area (Å²) in [4.78, 5) is 29.7. The van der Waals surface area contributed by atoms with Crippen LogP contribution in [-0.4, -0.2) is 50.0 Å². The van der Waals surface area contributed by atoms with E-state index in [-0.39, 0.29) is 24.4 Å². The summed E-state index contributed by atoms with van der Waals surface area (Å²) in [6.45, 7) is 5.89. The van der Waals surface area contributed by atoms with Crippen molar-refractivity contribution >= 4 is 27.5 Å². The lowest BCUT2D eigenvalue weighted by Gasteiger charge is -2.34. The van der Waals surface area contributed by atoms with E-state index in [9.17, 15) is 18.0 Å². The first kappa shape index (κ1) is 31.3. The van der Waals surface area contributed by atoms with Gasteiger partial charge >= 0.3 is 0 Å². The minimum absolute atomic E-state index is 0.0821. The van der Waals surface area contributed by atoms with Crippen molar-refractivity contribution in [1.82, 2.24) is 10.2 Å². The summed E-state index contributed by atoms with van der Waals surface area (Å²) in [7, 11) is -3.80. The number of hydrogen-bond acceptors (Lipinski definition) is 4. The molecule has 0 spiro atoms. The third kappa shape index (κ3) is 8.44. The lowest BCUT2D eigenvalue weighted by Crippen LogP contribution is -2.54. The first-order valence-corrected chi connectivity index (χ1v) is 16.6. The van der Waals surface area contributed by atoms with Crippen LogP contribution in [0.3, 0.4) is 0 Å². The molecule has 0 radical (unpaired) electrons. The second-order valence-corrected chi connectivity index (χ2v) is 13.6. The molecule has 1 atom stereocenters. The van der Waals surface area contributed by atoms with Crippen LogP contribution in [0.4, 0.5) is 5.69 Å². The van der Waals surface area contributed by atoms with E-state index in [2.05, 4.69) is 19.2 Å². The molecule has 0 aromatic heterocycles. The summed E-state index contributed by atoms with van der Waals surface area (Å²) >= 11 is 0. The number of hydrogen-bond donors (Lipinski definition) is 1. The lowest BCUT2D eigenvalue weighted by atomic mass is 10.0. The molecule has 0 heterocycles. The Morgan fingerprint density at radius 2 is 1.55 bits per heavy atom. The average molecular weight is 590 g/mol. The van der Waals surface area contributed by atoms with E-state index in [0.717, 1.165) is 58.5 Å². The molecule has 1 fully saturated rings. The number of anilines is 1. The zero-order chi connectivity index (χ0) is 30.3. The number of carbonyl (C=O) groups excluding carboxylic acids is 2. The number of rotatable bonds is 12. The van der Waals surface area contributed by atoms with Crippen LogP contribution in [0.25, 0.3) is 0 Å². The largest absolute Gasteiger partial charge is 0.352 e. The van der Waals surface area contributed by atoms with Crippen LogP contribution in [0, 0.1) is 6.92 Å². The van der Waals surface area contributed by atoms with Crippen LogP contribution in [-0.2, 0) is 32.6 Å². The van der Waals surface area contributed by atoms with E-state index in [1.54, 1.807) is 17.0 Å². The second-order valence-electron chi connectivity index (χ2n) is 11.7. The van der Waals surface area contributed by atoms with Crippen molar-refractivity contribution in [3.8, 4) is 0 Å². The molecule has 1 saturated carbocycles. The molecule has 4 rings (SSSR count). The SMILES string of the molecule is Cc1cccc(CN(C(=O)CN(c2ccc(C(C)C)cc2)S(C)(=O)=O)C(Cc2ccccc2)C(=O)NC2CCCC2)c1. The van der Waals surface area contributed by atoms with Crippen molar-refractivity contribution in [2.45, 2.75) is 77.4 Å². The van der Waals surface area contributed by atoms with E-state index in [1.165, 1.54) is 0 Å². The molecule has 0 aliphatic heterocycles. The van der Waals surface area contributed by atoms with Crippen molar-refractivity contribution in [1.29, 1.82) is 0 Å². The van der Waals surface area contributed by atoms with Crippen LogP contribution in [0.5, 0.6) is 0 Å². The Labute approximate surface area is 251 Å². The molecule has 0 saturated heterocycles. The average Bonchev–Trinajstić information content (AvgIpc) is 3.46. The van der Waals surface area contributed by atoms with Crippen LogP contribution >= 0.6 is 0 Å². The number of benzene rings is 3. The first-order chi connectivity index (χ1) is 20.0. The molecule has 1 aliphatic carbocycles. The number of amides is 2. The molecule has 1 aliphatic rings. The monoisotopic (exact) mass is 589 g/mol. The maximum Gasteiger partial charge on any atom is 0.244 e. The normalized spacial score (nSPS) is 14.5. The molecule has 2 amide bonds. The molecule has 7 nitrogen and oxygen atoms in total. The Balaban J connectivity index is 1.71. The zero-order valence-corrected chi connectivity index (χ0v) is 25.9. The summed E-state index contributed by atoms with van der Waals surface area (Å²) in [5.74, 6) is -0.356. The third-order valence-electron chi connectivity index (χ3n) is 7.93. The van der Waals surface area contributed by atoms with E-state index in [0.29, 0.717) is 12.1 Å². The van der Waals surface area contributed by atoms with Crippen molar-refractivity contribution in [3.05, 3.63) is 101 Å². The van der Waals surface area contributed by atoms with Crippen LogP contribution in [0.1, 0.15) is 67.7 Å². The molecule has 42 heavy (non-hydrogen) atoms. The van der Waals surface area contributed by atoms with Gasteiger partial charge in [0.2, 0.25) is 21.8 Å². The predicted octanol–water partition coefficient (Wildman–Crippen LogP) is 5.58. The quantitative estimate of drug-likeness (QED) is 0.299. The van der Waals surface area contributed by atoms with Gasteiger partial charge in [0.05, 0.1) is 11.9 Å². The minimum Gasteiger partial charge on any atom is -0.352 e. The molecular formula is C34H43N3O4S. The number of nitrogens with one attached hydrogen (secondary N) is 1. The topological polar surface area (TPSA) is 86.8 Å². The Hall–Kier alpha value is -3.65. The van der Waals surface area contributed by atoms with Gasteiger partial charge in [-0.2, -0.15) is 0 Å². The maximum atomic E-state index is 14.3. The summed E-state index contributed by atoms with van der Waals surface area (Å²) < 4.78 is 27.2. The smallest absolute Gasteiger partial charge is 0.244 e. The van der Waals surface area contributed by atoms with Crippen molar-refractivity contribution in [2.24, 2.45) is 0 Å². The Morgan fingerprint density at radius 3 is 2.14 bits per heavy atom. The van der Waals surface area contributed by atoms with Gasteiger partial charge in [-0.1, -0.05) is 99.0 Å². The molecule has 3 aromatic carbocycles. The van der Waals surface area contributed by atoms with Crippen LogP contribution in [0.2, 0.25) is 0 Å². The summed E-state index contributed by atoms with van der Waals surface area (Å²) in [6.07, 6.45) is 5.40. The van der Waals surface area contributed by atoms with Gasteiger partial charge < -0.3 is 10.2 Å². The van der Waals surface area contributed by atoms with Gasteiger partial charge in [0.15, 0.2) is 0 Å². The fraction of sp³-hybridized carbons (Fsp3) is 0.412. The highest BCUT2D eigenvalue weighted by Gasteiger charge is 2.34. The number of nitrogens with zero attached hydrogens (tertiary/aromatic N) is 2. The number of sulfonamides is 1. The highest BCUT2D eigenvalue weighted by molar-refractivity contribution is 7.92.